The number of hydrogen-bond acceptors (Lipinski definition) is 4. The normalized spacial score (nSPS) is 14.1. The summed E-state index contributed by atoms with van der Waals surface area (Å²) in [5, 5.41) is 0. The third-order valence-corrected chi connectivity index (χ3v) is 1.23. The summed E-state index contributed by atoms with van der Waals surface area (Å²) in [5.41, 5.74) is 5.18. The number of thiol groups is 1. The fraction of sp³-hybridized carbons (Fsp3) is 1.00. The highest BCUT2D eigenvalue weighted by Crippen LogP contribution is 1.90. The van der Waals surface area contributed by atoms with Crippen molar-refractivity contribution in [2.45, 2.75) is 6.92 Å². The van der Waals surface area contributed by atoms with Crippen molar-refractivity contribution in [2.24, 2.45) is 11.7 Å². The molecule has 0 aliphatic rings. The van der Waals surface area contributed by atoms with Crippen LogP contribution in [0.5, 0.6) is 0 Å². The Labute approximate surface area is 56.2 Å². The third kappa shape index (κ3) is 5.75. The van der Waals surface area contributed by atoms with Crippen LogP contribution in [0.25, 0.3) is 0 Å². The van der Waals surface area contributed by atoms with E-state index in [2.05, 4.69) is 4.18 Å². The zero-order valence-corrected chi connectivity index (χ0v) is 6.14. The summed E-state index contributed by atoms with van der Waals surface area (Å²) >= 11 is 0. The number of rotatable bonds is 4. The van der Waals surface area contributed by atoms with Gasteiger partial charge >= 0.3 is 0 Å². The van der Waals surface area contributed by atoms with Gasteiger partial charge in [-0.05, 0) is 12.5 Å². The van der Waals surface area contributed by atoms with Crippen LogP contribution in [0.1, 0.15) is 6.92 Å². The first-order valence-corrected chi connectivity index (χ1v) is 3.73. The van der Waals surface area contributed by atoms with Gasteiger partial charge in [-0.2, -0.15) is 0 Å². The minimum Gasteiger partial charge on any atom is -0.330 e. The van der Waals surface area contributed by atoms with E-state index in [0.717, 1.165) is 0 Å². The molecule has 0 aliphatic heterocycles. The van der Waals surface area contributed by atoms with E-state index in [1.165, 1.54) is 0 Å². The first-order chi connectivity index (χ1) is 4.16. The lowest BCUT2D eigenvalue weighted by Crippen LogP contribution is -2.15. The van der Waals surface area contributed by atoms with Gasteiger partial charge in [0.2, 0.25) is 0 Å². The molecule has 0 aromatic carbocycles. The summed E-state index contributed by atoms with van der Waals surface area (Å²) in [4.78, 5) is 0. The lowest BCUT2D eigenvalue weighted by Gasteiger charge is -2.02. The van der Waals surface area contributed by atoms with Gasteiger partial charge in [0.05, 0.1) is 6.61 Å². The first-order valence-electron chi connectivity index (χ1n) is 2.64. The van der Waals surface area contributed by atoms with Gasteiger partial charge in [0.1, 0.15) is 0 Å². The lowest BCUT2D eigenvalue weighted by atomic mass is 10.2. The fourth-order valence-corrected chi connectivity index (χ4v) is 0.632. The molecule has 9 heavy (non-hydrogen) atoms. The van der Waals surface area contributed by atoms with E-state index >= 15 is 0 Å². The molecule has 1 unspecified atom stereocenters. The van der Waals surface area contributed by atoms with Crippen molar-refractivity contribution in [3.63, 3.8) is 0 Å². The van der Waals surface area contributed by atoms with Crippen molar-refractivity contribution in [3.05, 3.63) is 0 Å². The predicted molar refractivity (Wildman–Crippen MR) is 34.5 cm³/mol. The smallest absolute Gasteiger partial charge is 0.257 e. The maximum atomic E-state index is 9.79. The van der Waals surface area contributed by atoms with Crippen LogP contribution < -0.4 is 5.73 Å². The van der Waals surface area contributed by atoms with Crippen LogP contribution in [0.4, 0.5) is 0 Å². The van der Waals surface area contributed by atoms with Gasteiger partial charge in [0.15, 0.2) is 0 Å². The monoisotopic (exact) mass is 153 g/mol. The Kier molecular flexibility index (Phi) is 4.65. The van der Waals surface area contributed by atoms with Crippen molar-refractivity contribution < 1.29 is 12.6 Å². The predicted octanol–water partition coefficient (Wildman–Crippen LogP) is -0.876. The molecule has 4 nitrogen and oxygen atoms in total. The zero-order valence-electron chi connectivity index (χ0n) is 5.24. The maximum Gasteiger partial charge on any atom is 0.257 e. The SMILES string of the molecule is CC(CN)CO[SH](=O)=O. The second-order valence-corrected chi connectivity index (χ2v) is 2.57. The summed E-state index contributed by atoms with van der Waals surface area (Å²) < 4.78 is 23.9. The summed E-state index contributed by atoms with van der Waals surface area (Å²) in [6.07, 6.45) is 0. The Morgan fingerprint density at radius 3 is 2.56 bits per heavy atom. The Hall–Kier alpha value is -0.130. The van der Waals surface area contributed by atoms with E-state index in [4.69, 9.17) is 5.73 Å². The summed E-state index contributed by atoms with van der Waals surface area (Å²) in [5.74, 6) is 0.109. The molecule has 0 aromatic rings. The highest BCUT2D eigenvalue weighted by molar-refractivity contribution is 7.67. The second kappa shape index (κ2) is 4.72. The standard InChI is InChI=1S/C4H11NO3S/c1-4(2-5)3-8-9(6)7/h4,9H,2-3,5H2,1H3. The van der Waals surface area contributed by atoms with Gasteiger partial charge in [-0.1, -0.05) is 6.92 Å². The molecular weight excluding hydrogens is 142 g/mol. The van der Waals surface area contributed by atoms with E-state index < -0.39 is 11.0 Å². The van der Waals surface area contributed by atoms with Crippen LogP contribution in [0.15, 0.2) is 0 Å². The van der Waals surface area contributed by atoms with Gasteiger partial charge in [-0.3, -0.25) is 4.18 Å². The van der Waals surface area contributed by atoms with Crippen molar-refractivity contribution in [2.75, 3.05) is 13.2 Å². The maximum absolute atomic E-state index is 9.79. The molecule has 0 aliphatic carbocycles. The molecule has 0 spiro atoms. The fourth-order valence-electron chi connectivity index (χ4n) is 0.256. The molecule has 0 radical (unpaired) electrons. The van der Waals surface area contributed by atoms with E-state index in [9.17, 15) is 8.42 Å². The van der Waals surface area contributed by atoms with Gasteiger partial charge in [-0.15, -0.1) is 0 Å². The van der Waals surface area contributed by atoms with Gasteiger partial charge in [-0.25, -0.2) is 8.42 Å². The summed E-state index contributed by atoms with van der Waals surface area (Å²) in [6.45, 7) is 2.46. The first kappa shape index (κ1) is 8.87. The molecule has 0 aromatic heterocycles. The lowest BCUT2D eigenvalue weighted by molar-refractivity contribution is 0.279. The van der Waals surface area contributed by atoms with Crippen LogP contribution in [0.3, 0.4) is 0 Å². The van der Waals surface area contributed by atoms with Crippen molar-refractivity contribution >= 4 is 11.0 Å². The van der Waals surface area contributed by atoms with Gasteiger partial charge < -0.3 is 5.73 Å². The molecule has 0 amide bonds. The van der Waals surface area contributed by atoms with Gasteiger partial charge in [0.25, 0.3) is 11.0 Å². The van der Waals surface area contributed by atoms with E-state index in [0.29, 0.717) is 6.54 Å². The Morgan fingerprint density at radius 2 is 2.22 bits per heavy atom. The molecule has 0 saturated heterocycles. The van der Waals surface area contributed by atoms with Crippen LogP contribution in [0.2, 0.25) is 0 Å². The van der Waals surface area contributed by atoms with E-state index in [1.807, 2.05) is 6.92 Å². The highest BCUT2D eigenvalue weighted by atomic mass is 32.2. The van der Waals surface area contributed by atoms with E-state index in [1.54, 1.807) is 0 Å². The highest BCUT2D eigenvalue weighted by Gasteiger charge is 1.97. The number of hydrogen-bond donors (Lipinski definition) is 2. The van der Waals surface area contributed by atoms with Crippen LogP contribution >= 0.6 is 0 Å². The van der Waals surface area contributed by atoms with Crippen LogP contribution in [0, 0.1) is 5.92 Å². The summed E-state index contributed by atoms with van der Waals surface area (Å²) in [7, 11) is -2.69. The minimum atomic E-state index is -2.69. The largest absolute Gasteiger partial charge is 0.330 e. The van der Waals surface area contributed by atoms with E-state index in [-0.39, 0.29) is 12.5 Å². The third-order valence-electron chi connectivity index (χ3n) is 0.867. The molecule has 2 N–H and O–H groups in total. The number of nitrogens with two attached hydrogens (primary N) is 1. The van der Waals surface area contributed by atoms with Crippen molar-refractivity contribution in [1.82, 2.24) is 0 Å². The Balaban J connectivity index is 3.27. The zero-order chi connectivity index (χ0) is 7.28. The topological polar surface area (TPSA) is 69.4 Å². The quantitative estimate of drug-likeness (QED) is 0.515. The second-order valence-electron chi connectivity index (χ2n) is 1.86. The minimum absolute atomic E-state index is 0.109. The van der Waals surface area contributed by atoms with Gasteiger partial charge in [0, 0.05) is 0 Å². The average molecular weight is 153 g/mol. The Bertz CT molecular complexity index is 126. The molecule has 0 saturated carbocycles. The van der Waals surface area contributed by atoms with Crippen molar-refractivity contribution in [1.29, 1.82) is 0 Å². The molecular formula is C4H11NO3S. The molecule has 0 heterocycles. The molecule has 1 atom stereocenters. The molecule has 5 heteroatoms. The van der Waals surface area contributed by atoms with Crippen molar-refractivity contribution in [3.8, 4) is 0 Å². The molecule has 0 rings (SSSR count). The van der Waals surface area contributed by atoms with Crippen LogP contribution in [-0.4, -0.2) is 21.6 Å². The molecule has 56 valence electrons. The molecule has 0 fully saturated rings. The Morgan fingerprint density at radius 1 is 1.67 bits per heavy atom. The average Bonchev–Trinajstić information content (AvgIpc) is 1.83. The van der Waals surface area contributed by atoms with Crippen LogP contribution in [-0.2, 0) is 15.2 Å². The molecule has 0 bridgehead atoms. The summed E-state index contributed by atoms with van der Waals surface area (Å²) in [6, 6.07) is 0.